The van der Waals surface area contributed by atoms with Gasteiger partial charge in [-0.15, -0.1) is 0 Å². The van der Waals surface area contributed by atoms with Crippen molar-refractivity contribution in [3.8, 4) is 5.75 Å². The number of aliphatic carboxylic acids is 1. The van der Waals surface area contributed by atoms with Gasteiger partial charge in [0, 0.05) is 59.0 Å². The molecule has 13 nitrogen and oxygen atoms in total. The summed E-state index contributed by atoms with van der Waals surface area (Å²) in [6.07, 6.45) is -0.440. The summed E-state index contributed by atoms with van der Waals surface area (Å²) in [5, 5.41) is 16.6. The molecule has 3 N–H and O–H groups in total. The van der Waals surface area contributed by atoms with Gasteiger partial charge in [-0.2, -0.15) is 0 Å². The van der Waals surface area contributed by atoms with Crippen molar-refractivity contribution in [3.05, 3.63) is 77.6 Å². The molecule has 0 spiro atoms. The Morgan fingerprint density at radius 2 is 1.71 bits per heavy atom. The molecule has 2 heterocycles. The lowest BCUT2D eigenvalue weighted by Gasteiger charge is -2.30. The Balaban J connectivity index is 1.37. The lowest BCUT2D eigenvalue weighted by atomic mass is 10.0. The van der Waals surface area contributed by atoms with Crippen molar-refractivity contribution >= 4 is 46.3 Å². The van der Waals surface area contributed by atoms with Crippen molar-refractivity contribution in [3.63, 3.8) is 0 Å². The summed E-state index contributed by atoms with van der Waals surface area (Å²) in [6.45, 7) is 0.295. The van der Waals surface area contributed by atoms with Crippen LogP contribution in [0.3, 0.4) is 0 Å². The maximum atomic E-state index is 14.6. The molecule has 0 aliphatic carbocycles. The molecule has 3 aromatic carbocycles. The van der Waals surface area contributed by atoms with E-state index in [1.54, 1.807) is 11.9 Å². The predicted octanol–water partition coefficient (Wildman–Crippen LogP) is 2.71. The van der Waals surface area contributed by atoms with Crippen molar-refractivity contribution in [1.82, 2.24) is 25.3 Å². The van der Waals surface area contributed by atoms with Crippen LogP contribution >= 0.6 is 0 Å². The normalized spacial score (nSPS) is 20.4. The van der Waals surface area contributed by atoms with E-state index in [2.05, 4.69) is 10.6 Å². The smallest absolute Gasteiger partial charge is 0.303 e. The van der Waals surface area contributed by atoms with Gasteiger partial charge in [-0.25, -0.2) is 4.39 Å². The van der Waals surface area contributed by atoms with E-state index in [9.17, 15) is 33.2 Å². The number of carbonyl (C=O) groups excluding carboxylic acids is 5. The van der Waals surface area contributed by atoms with E-state index in [1.807, 2.05) is 42.5 Å². The van der Waals surface area contributed by atoms with E-state index in [0.29, 0.717) is 0 Å². The highest BCUT2D eigenvalue weighted by molar-refractivity contribution is 5.99. The summed E-state index contributed by atoms with van der Waals surface area (Å²) in [5.74, 6) is -4.07. The molecular formula is C37H42FN5O8. The zero-order valence-electron chi connectivity index (χ0n) is 28.6. The van der Waals surface area contributed by atoms with Crippen LogP contribution in [0.2, 0.25) is 0 Å². The number of amides is 5. The first kappa shape index (κ1) is 36.7. The highest BCUT2D eigenvalue weighted by Gasteiger charge is 2.37. The number of hydrogen-bond donors (Lipinski definition) is 3. The summed E-state index contributed by atoms with van der Waals surface area (Å²) in [4.78, 5) is 81.8. The van der Waals surface area contributed by atoms with Crippen molar-refractivity contribution in [2.24, 2.45) is 0 Å². The third-order valence-electron chi connectivity index (χ3n) is 9.36. The fraction of sp³-hybridized carbons (Fsp3) is 0.405. The largest absolute Gasteiger partial charge is 0.491 e. The molecule has 3 aromatic rings. The zero-order valence-corrected chi connectivity index (χ0v) is 28.6. The summed E-state index contributed by atoms with van der Waals surface area (Å²) in [6, 6.07) is 14.9. The zero-order chi connectivity index (χ0) is 36.7. The van der Waals surface area contributed by atoms with Crippen molar-refractivity contribution < 1.29 is 43.0 Å². The maximum absolute atomic E-state index is 14.6. The average Bonchev–Trinajstić information content (AvgIpc) is 3.52. The molecule has 2 aliphatic rings. The molecule has 0 bridgehead atoms. The quantitative estimate of drug-likeness (QED) is 0.338. The summed E-state index contributed by atoms with van der Waals surface area (Å²) >= 11 is 0. The van der Waals surface area contributed by atoms with Crippen molar-refractivity contribution in [2.75, 3.05) is 33.8 Å². The fourth-order valence-electron chi connectivity index (χ4n) is 6.46. The van der Waals surface area contributed by atoms with Gasteiger partial charge >= 0.3 is 5.97 Å². The second kappa shape index (κ2) is 16.5. The number of benzene rings is 3. The number of likely N-dealkylation sites (N-methyl/N-ethyl adjacent to an activating group) is 1. The third kappa shape index (κ3) is 9.38. The molecule has 1 fully saturated rings. The van der Waals surface area contributed by atoms with E-state index in [-0.39, 0.29) is 87.9 Å². The van der Waals surface area contributed by atoms with Gasteiger partial charge in [-0.05, 0) is 53.4 Å². The summed E-state index contributed by atoms with van der Waals surface area (Å²) in [7, 11) is 2.97. The van der Waals surface area contributed by atoms with Crippen LogP contribution in [0.25, 0.3) is 10.8 Å². The van der Waals surface area contributed by atoms with Gasteiger partial charge in [0.2, 0.25) is 23.6 Å². The lowest BCUT2D eigenvalue weighted by Crippen LogP contribution is -2.48. The van der Waals surface area contributed by atoms with E-state index in [4.69, 9.17) is 9.84 Å². The fourth-order valence-corrected chi connectivity index (χ4v) is 6.46. The highest BCUT2D eigenvalue weighted by Crippen LogP contribution is 2.27. The molecule has 0 aromatic heterocycles. The Morgan fingerprint density at radius 3 is 2.47 bits per heavy atom. The minimum absolute atomic E-state index is 0.0196. The molecule has 1 saturated heterocycles. The Labute approximate surface area is 294 Å². The maximum Gasteiger partial charge on any atom is 0.303 e. The van der Waals surface area contributed by atoms with Gasteiger partial charge in [0.1, 0.15) is 24.2 Å². The van der Waals surface area contributed by atoms with Crippen LogP contribution in [0.1, 0.15) is 54.4 Å². The molecular weight excluding hydrogens is 661 g/mol. The standard InChI is InChI=1S/C37H42FN5O8/c1-41-16-15-34(46)43-21-27(40-32(44)12-14-35(47)48)19-28(43)22-51-31-11-9-26(38)18-29(31)37(50)42(2)30(10-13-33(41)45)36(49)39-20-23-7-8-24-5-3-4-6-25(24)17-23/h3-9,11,17-18,27-28,30H,10,12-16,19-22H2,1-2H3,(H,39,49)(H,40,44)(H,47,48)/t27-,28+,30+/m1/s1. The Bertz CT molecular complexity index is 1820. The van der Waals surface area contributed by atoms with Crippen LogP contribution in [0.4, 0.5) is 4.39 Å². The average molecular weight is 704 g/mol. The van der Waals surface area contributed by atoms with Crippen LogP contribution in [-0.2, 0) is 30.5 Å². The van der Waals surface area contributed by atoms with Gasteiger partial charge in [0.15, 0.2) is 0 Å². The van der Waals surface area contributed by atoms with Gasteiger partial charge < -0.3 is 35.2 Å². The summed E-state index contributed by atoms with van der Waals surface area (Å²) < 4.78 is 20.7. The molecule has 51 heavy (non-hydrogen) atoms. The highest BCUT2D eigenvalue weighted by atomic mass is 19.1. The Morgan fingerprint density at radius 1 is 0.941 bits per heavy atom. The number of hydrogen-bond acceptors (Lipinski definition) is 7. The molecule has 5 amide bonds. The SMILES string of the molecule is CN1CCC(=O)N2C[C@H](NC(=O)CCC(=O)O)C[C@H]2COc2ccc(F)cc2C(=O)N(C)[C@H](C(=O)NCc2ccc3ccccc3c2)CCC1=O. The minimum atomic E-state index is -1.11. The molecule has 0 radical (unpaired) electrons. The van der Waals surface area contributed by atoms with Gasteiger partial charge in [-0.3, -0.25) is 28.8 Å². The first-order valence-electron chi connectivity index (χ1n) is 16.9. The second-order valence-corrected chi connectivity index (χ2v) is 13.0. The van der Waals surface area contributed by atoms with E-state index < -0.39 is 47.6 Å². The lowest BCUT2D eigenvalue weighted by molar-refractivity contribution is -0.139. The second-order valence-electron chi connectivity index (χ2n) is 13.0. The van der Waals surface area contributed by atoms with Crippen molar-refractivity contribution in [2.45, 2.75) is 63.2 Å². The predicted molar refractivity (Wildman–Crippen MR) is 184 cm³/mol. The third-order valence-corrected chi connectivity index (χ3v) is 9.36. The van der Waals surface area contributed by atoms with E-state index >= 15 is 0 Å². The molecule has 2 aliphatic heterocycles. The van der Waals surface area contributed by atoms with Crippen LogP contribution in [0.15, 0.2) is 60.7 Å². The van der Waals surface area contributed by atoms with E-state index in [0.717, 1.165) is 28.5 Å². The Kier molecular flexibility index (Phi) is 11.9. The topological polar surface area (TPSA) is 166 Å². The molecule has 14 heteroatoms. The minimum Gasteiger partial charge on any atom is -0.491 e. The van der Waals surface area contributed by atoms with Crippen LogP contribution in [0.5, 0.6) is 5.75 Å². The van der Waals surface area contributed by atoms with Crippen LogP contribution in [-0.4, -0.2) is 107 Å². The van der Waals surface area contributed by atoms with Gasteiger partial charge in [-0.1, -0.05) is 36.4 Å². The first-order valence-corrected chi connectivity index (χ1v) is 16.9. The number of rotatable bonds is 7. The number of nitrogens with zero attached hydrogens (tertiary/aromatic N) is 3. The van der Waals surface area contributed by atoms with Crippen LogP contribution < -0.4 is 15.4 Å². The number of fused-ring (bicyclic) bond motifs is 3. The monoisotopic (exact) mass is 703 g/mol. The number of carbonyl (C=O) groups is 6. The van der Waals surface area contributed by atoms with Gasteiger partial charge in [0.05, 0.1) is 18.0 Å². The molecule has 0 unspecified atom stereocenters. The number of halogens is 1. The number of carboxylic acid groups (broad SMARTS) is 1. The Hall–Kier alpha value is -5.53. The summed E-state index contributed by atoms with van der Waals surface area (Å²) in [5.41, 5.74) is 0.698. The number of nitrogens with one attached hydrogen (secondary N) is 2. The van der Waals surface area contributed by atoms with Crippen LogP contribution in [0, 0.1) is 5.82 Å². The van der Waals surface area contributed by atoms with Crippen molar-refractivity contribution in [1.29, 1.82) is 0 Å². The number of carboxylic acids is 1. The first-order chi connectivity index (χ1) is 24.4. The molecule has 270 valence electrons. The number of ether oxygens (including phenoxy) is 1. The molecule has 3 atom stereocenters. The molecule has 5 rings (SSSR count). The van der Waals surface area contributed by atoms with E-state index in [1.165, 1.54) is 22.9 Å². The molecule has 0 saturated carbocycles. The van der Waals surface area contributed by atoms with Gasteiger partial charge in [0.25, 0.3) is 5.91 Å².